The zero-order valence-electron chi connectivity index (χ0n) is 11.0. The first-order valence-corrected chi connectivity index (χ1v) is 6.77. The lowest BCUT2D eigenvalue weighted by Gasteiger charge is -2.27. The number of halogens is 3. The van der Waals surface area contributed by atoms with Crippen LogP contribution in [0.2, 0.25) is 0 Å². The van der Waals surface area contributed by atoms with Crippen molar-refractivity contribution in [3.05, 3.63) is 70.8 Å². The first-order valence-electron chi connectivity index (χ1n) is 6.24. The molecule has 0 aliphatic heterocycles. The maximum atomic E-state index is 13.9. The summed E-state index contributed by atoms with van der Waals surface area (Å²) in [7, 11) is 0. The van der Waals surface area contributed by atoms with E-state index in [0.29, 0.717) is 0 Å². The molecule has 0 radical (unpaired) electrons. The minimum Gasteiger partial charge on any atom is -0.383 e. The van der Waals surface area contributed by atoms with Gasteiger partial charge in [-0.1, -0.05) is 35.9 Å². The van der Waals surface area contributed by atoms with Crippen LogP contribution in [0.5, 0.6) is 0 Å². The van der Waals surface area contributed by atoms with Gasteiger partial charge in [-0.25, -0.2) is 8.78 Å². The zero-order chi connectivity index (χ0) is 14.8. The normalized spacial score (nSPS) is 14.1. The van der Waals surface area contributed by atoms with Crippen LogP contribution >= 0.6 is 11.6 Å². The number of hydrogen-bond acceptors (Lipinski definition) is 1. The molecule has 0 saturated carbocycles. The molecular formula is C16H15ClF2O. The first-order chi connectivity index (χ1) is 9.44. The molecule has 2 rings (SSSR count). The predicted molar refractivity (Wildman–Crippen MR) is 75.9 cm³/mol. The standard InChI is InChI=1S/C16H15ClF2O/c1-11-3-2-4-12(7-11)9-16(20,10-17)14-6-5-13(18)8-15(14)19/h2-8,20H,9-10H2,1H3. The summed E-state index contributed by atoms with van der Waals surface area (Å²) < 4.78 is 26.8. The van der Waals surface area contributed by atoms with Gasteiger partial charge in [0.2, 0.25) is 0 Å². The molecule has 0 spiro atoms. The van der Waals surface area contributed by atoms with Gasteiger partial charge >= 0.3 is 0 Å². The van der Waals surface area contributed by atoms with Crippen molar-refractivity contribution in [1.29, 1.82) is 0 Å². The molecule has 0 aliphatic rings. The summed E-state index contributed by atoms with van der Waals surface area (Å²) in [4.78, 5) is 0. The molecule has 0 aromatic heterocycles. The Hall–Kier alpha value is -1.45. The van der Waals surface area contributed by atoms with Gasteiger partial charge in [0.05, 0.1) is 5.88 Å². The highest BCUT2D eigenvalue weighted by molar-refractivity contribution is 6.18. The van der Waals surface area contributed by atoms with E-state index in [9.17, 15) is 13.9 Å². The second-order valence-corrected chi connectivity index (χ2v) is 5.22. The van der Waals surface area contributed by atoms with Gasteiger partial charge in [-0.2, -0.15) is 0 Å². The fourth-order valence-electron chi connectivity index (χ4n) is 2.24. The average molecular weight is 297 g/mol. The molecule has 1 nitrogen and oxygen atoms in total. The van der Waals surface area contributed by atoms with Gasteiger partial charge in [0.1, 0.15) is 17.2 Å². The minimum absolute atomic E-state index is 0.00964. The highest BCUT2D eigenvalue weighted by atomic mass is 35.5. The lowest BCUT2D eigenvalue weighted by molar-refractivity contribution is 0.0574. The molecule has 1 N–H and O–H groups in total. The molecule has 1 unspecified atom stereocenters. The Morgan fingerprint density at radius 1 is 1.15 bits per heavy atom. The van der Waals surface area contributed by atoms with Crippen molar-refractivity contribution in [3.8, 4) is 0 Å². The molecule has 0 saturated heterocycles. The smallest absolute Gasteiger partial charge is 0.132 e. The number of rotatable bonds is 4. The van der Waals surface area contributed by atoms with E-state index in [2.05, 4.69) is 0 Å². The second-order valence-electron chi connectivity index (χ2n) is 4.96. The lowest BCUT2D eigenvalue weighted by Crippen LogP contribution is -2.32. The first kappa shape index (κ1) is 14.9. The Morgan fingerprint density at radius 3 is 2.50 bits per heavy atom. The summed E-state index contributed by atoms with van der Waals surface area (Å²) in [6.07, 6.45) is 0.167. The maximum absolute atomic E-state index is 13.9. The van der Waals surface area contributed by atoms with Crippen LogP contribution in [0.3, 0.4) is 0 Å². The van der Waals surface area contributed by atoms with Crippen molar-refractivity contribution in [3.63, 3.8) is 0 Å². The molecule has 0 fully saturated rings. The van der Waals surface area contributed by atoms with Crippen LogP contribution in [0, 0.1) is 18.6 Å². The summed E-state index contributed by atoms with van der Waals surface area (Å²) in [5.74, 6) is -1.65. The molecule has 0 aliphatic carbocycles. The third-order valence-electron chi connectivity index (χ3n) is 3.23. The molecule has 0 heterocycles. The van der Waals surface area contributed by atoms with Crippen LogP contribution in [0.1, 0.15) is 16.7 Å². The van der Waals surface area contributed by atoms with E-state index in [1.807, 2.05) is 31.2 Å². The van der Waals surface area contributed by atoms with E-state index >= 15 is 0 Å². The number of aliphatic hydroxyl groups is 1. The van der Waals surface area contributed by atoms with Crippen molar-refractivity contribution >= 4 is 11.6 Å². The highest BCUT2D eigenvalue weighted by Gasteiger charge is 2.31. The van der Waals surface area contributed by atoms with E-state index in [4.69, 9.17) is 11.6 Å². The number of aryl methyl sites for hydroxylation is 1. The quantitative estimate of drug-likeness (QED) is 0.847. The van der Waals surface area contributed by atoms with E-state index in [1.165, 1.54) is 6.07 Å². The molecule has 0 amide bonds. The Morgan fingerprint density at radius 2 is 1.90 bits per heavy atom. The van der Waals surface area contributed by atoms with Crippen LogP contribution < -0.4 is 0 Å². The van der Waals surface area contributed by atoms with Crippen molar-refractivity contribution in [1.82, 2.24) is 0 Å². The maximum Gasteiger partial charge on any atom is 0.132 e. The Balaban J connectivity index is 2.38. The van der Waals surface area contributed by atoms with Gasteiger partial charge in [0, 0.05) is 18.1 Å². The largest absolute Gasteiger partial charge is 0.383 e. The van der Waals surface area contributed by atoms with Gasteiger partial charge in [-0.15, -0.1) is 11.6 Å². The third kappa shape index (κ3) is 3.17. The predicted octanol–water partition coefficient (Wildman–Crippen LogP) is 3.94. The molecule has 1 atom stereocenters. The molecule has 106 valence electrons. The summed E-state index contributed by atoms with van der Waals surface area (Å²) in [5, 5.41) is 10.6. The van der Waals surface area contributed by atoms with Crippen molar-refractivity contribution in [2.24, 2.45) is 0 Å². The van der Waals surface area contributed by atoms with Gasteiger partial charge in [0.25, 0.3) is 0 Å². The fourth-order valence-corrected chi connectivity index (χ4v) is 2.48. The van der Waals surface area contributed by atoms with E-state index in [-0.39, 0.29) is 17.9 Å². The van der Waals surface area contributed by atoms with Crippen LogP contribution in [0.4, 0.5) is 8.78 Å². The van der Waals surface area contributed by atoms with Crippen LogP contribution in [0.25, 0.3) is 0 Å². The van der Waals surface area contributed by atoms with Crippen molar-refractivity contribution in [2.75, 3.05) is 5.88 Å². The number of hydrogen-bond donors (Lipinski definition) is 1. The van der Waals surface area contributed by atoms with Crippen molar-refractivity contribution < 1.29 is 13.9 Å². The molecule has 20 heavy (non-hydrogen) atoms. The average Bonchev–Trinajstić information content (AvgIpc) is 2.38. The molecular weight excluding hydrogens is 282 g/mol. The van der Waals surface area contributed by atoms with E-state index in [1.54, 1.807) is 0 Å². The zero-order valence-corrected chi connectivity index (χ0v) is 11.8. The van der Waals surface area contributed by atoms with Crippen LogP contribution in [-0.4, -0.2) is 11.0 Å². The molecule has 4 heteroatoms. The topological polar surface area (TPSA) is 20.2 Å². The summed E-state index contributed by atoms with van der Waals surface area (Å²) in [6.45, 7) is 1.93. The summed E-state index contributed by atoms with van der Waals surface area (Å²) >= 11 is 5.83. The van der Waals surface area contributed by atoms with E-state index in [0.717, 1.165) is 23.3 Å². The Kier molecular flexibility index (Phi) is 4.41. The Labute approximate surface area is 121 Å². The minimum atomic E-state index is -1.56. The van der Waals surface area contributed by atoms with Gasteiger partial charge in [0.15, 0.2) is 0 Å². The number of benzene rings is 2. The number of alkyl halides is 1. The van der Waals surface area contributed by atoms with E-state index < -0.39 is 17.2 Å². The van der Waals surface area contributed by atoms with Gasteiger partial charge < -0.3 is 5.11 Å². The molecule has 2 aromatic rings. The fraction of sp³-hybridized carbons (Fsp3) is 0.250. The van der Waals surface area contributed by atoms with Gasteiger partial charge in [-0.05, 0) is 18.6 Å². The van der Waals surface area contributed by atoms with Crippen LogP contribution in [0.15, 0.2) is 42.5 Å². The summed E-state index contributed by atoms with van der Waals surface area (Å²) in [6, 6.07) is 10.6. The second kappa shape index (κ2) is 5.90. The lowest BCUT2D eigenvalue weighted by atomic mass is 9.88. The SMILES string of the molecule is Cc1cccc(CC(O)(CCl)c2ccc(F)cc2F)c1. The highest BCUT2D eigenvalue weighted by Crippen LogP contribution is 2.30. The molecule has 2 aromatic carbocycles. The monoisotopic (exact) mass is 296 g/mol. The van der Waals surface area contributed by atoms with Crippen molar-refractivity contribution in [2.45, 2.75) is 18.9 Å². The molecule has 0 bridgehead atoms. The van der Waals surface area contributed by atoms with Crippen LogP contribution in [-0.2, 0) is 12.0 Å². The third-order valence-corrected chi connectivity index (χ3v) is 3.67. The Bertz CT molecular complexity index is 615. The summed E-state index contributed by atoms with van der Waals surface area (Å²) in [5.41, 5.74) is 0.332. The van der Waals surface area contributed by atoms with Gasteiger partial charge in [-0.3, -0.25) is 0 Å².